The van der Waals surface area contributed by atoms with Gasteiger partial charge in [0.25, 0.3) is 5.91 Å². The molecule has 0 N–H and O–H groups in total. The molecule has 2 amide bonds. The molecule has 0 aromatic heterocycles. The van der Waals surface area contributed by atoms with Gasteiger partial charge < -0.3 is 19.4 Å². The van der Waals surface area contributed by atoms with Crippen LogP contribution in [0.5, 0.6) is 0 Å². The number of halogens is 3. The highest BCUT2D eigenvalue weighted by molar-refractivity contribution is 7.92. The Hall–Kier alpha value is -3.32. The van der Waals surface area contributed by atoms with E-state index in [-0.39, 0.29) is 24.7 Å². The van der Waals surface area contributed by atoms with Crippen molar-refractivity contribution >= 4 is 33.2 Å². The molecule has 2 aromatic carbocycles. The van der Waals surface area contributed by atoms with Crippen molar-refractivity contribution in [2.24, 2.45) is 0 Å². The van der Waals surface area contributed by atoms with Gasteiger partial charge in [-0.1, -0.05) is 6.07 Å². The monoisotopic (exact) mass is 554 g/mol. The quantitative estimate of drug-likeness (QED) is 0.545. The third kappa shape index (κ3) is 6.57. The van der Waals surface area contributed by atoms with Gasteiger partial charge in [-0.25, -0.2) is 8.42 Å². The number of hydrogen-bond donors (Lipinski definition) is 0. The van der Waals surface area contributed by atoms with E-state index in [1.165, 1.54) is 35.2 Å². The van der Waals surface area contributed by atoms with Crippen molar-refractivity contribution < 1.29 is 35.9 Å². The molecular weight excluding hydrogens is 525 g/mol. The predicted molar refractivity (Wildman–Crippen MR) is 136 cm³/mol. The minimum absolute atomic E-state index is 0.180. The lowest BCUT2D eigenvalue weighted by atomic mass is 10.1. The maximum Gasteiger partial charge on any atom is 0.416 e. The van der Waals surface area contributed by atoms with Gasteiger partial charge in [0.1, 0.15) is 6.54 Å². The van der Waals surface area contributed by atoms with Crippen LogP contribution >= 0.6 is 0 Å². The number of carbonyl (C=O) groups excluding carboxylic acids is 2. The fourth-order valence-corrected chi connectivity index (χ4v) is 5.28. The molecule has 0 saturated carbocycles. The van der Waals surface area contributed by atoms with Crippen molar-refractivity contribution in [3.8, 4) is 0 Å². The van der Waals surface area contributed by atoms with Crippen molar-refractivity contribution in [3.05, 3.63) is 59.7 Å². The van der Waals surface area contributed by atoms with Crippen LogP contribution in [0.25, 0.3) is 0 Å². The van der Waals surface area contributed by atoms with E-state index in [9.17, 15) is 31.2 Å². The summed E-state index contributed by atoms with van der Waals surface area (Å²) in [5.41, 5.74) is 0.328. The summed E-state index contributed by atoms with van der Waals surface area (Å²) in [7, 11) is -3.82. The molecule has 206 valence electrons. The summed E-state index contributed by atoms with van der Waals surface area (Å²) in [6, 6.07) is 11.1. The first-order valence-electron chi connectivity index (χ1n) is 12.1. The lowest BCUT2D eigenvalue weighted by Crippen LogP contribution is -2.52. The van der Waals surface area contributed by atoms with Gasteiger partial charge in [0.15, 0.2) is 0 Å². The van der Waals surface area contributed by atoms with Crippen molar-refractivity contribution in [2.45, 2.75) is 6.18 Å². The summed E-state index contributed by atoms with van der Waals surface area (Å²) >= 11 is 0. The molecule has 9 nitrogen and oxygen atoms in total. The Kier molecular flexibility index (Phi) is 8.16. The topological polar surface area (TPSA) is 90.5 Å². The largest absolute Gasteiger partial charge is 0.416 e. The molecule has 4 rings (SSSR count). The number of anilines is 2. The molecule has 0 spiro atoms. The Bertz CT molecular complexity index is 1260. The maximum absolute atomic E-state index is 13.1. The number of morpholine rings is 1. The van der Waals surface area contributed by atoms with Crippen LogP contribution in [0.4, 0.5) is 24.5 Å². The smallest absolute Gasteiger partial charge is 0.378 e. The Morgan fingerprint density at radius 2 is 1.55 bits per heavy atom. The van der Waals surface area contributed by atoms with E-state index in [4.69, 9.17) is 4.74 Å². The van der Waals surface area contributed by atoms with Gasteiger partial charge in [-0.2, -0.15) is 13.2 Å². The zero-order chi connectivity index (χ0) is 27.5. The van der Waals surface area contributed by atoms with Crippen LogP contribution in [0.15, 0.2) is 48.5 Å². The minimum Gasteiger partial charge on any atom is -0.378 e. The molecule has 0 bridgehead atoms. The minimum atomic E-state index is -4.45. The number of piperazine rings is 1. The second-order valence-corrected chi connectivity index (χ2v) is 11.0. The number of carbonyl (C=O) groups is 2. The van der Waals surface area contributed by atoms with Crippen molar-refractivity contribution in [2.75, 3.05) is 74.5 Å². The van der Waals surface area contributed by atoms with Crippen LogP contribution in [-0.2, 0) is 25.7 Å². The maximum atomic E-state index is 13.1. The molecule has 2 aromatic rings. The highest BCUT2D eigenvalue weighted by atomic mass is 32.2. The lowest BCUT2D eigenvalue weighted by Gasteiger charge is -2.37. The molecule has 0 unspecified atom stereocenters. The lowest BCUT2D eigenvalue weighted by molar-refractivity contribution is -0.137. The molecule has 0 radical (unpaired) electrons. The van der Waals surface area contributed by atoms with Gasteiger partial charge in [0.05, 0.1) is 30.7 Å². The van der Waals surface area contributed by atoms with Crippen LogP contribution < -0.4 is 9.21 Å². The zero-order valence-corrected chi connectivity index (χ0v) is 21.7. The first kappa shape index (κ1) is 27.7. The van der Waals surface area contributed by atoms with Crippen LogP contribution in [0.1, 0.15) is 15.9 Å². The van der Waals surface area contributed by atoms with E-state index in [2.05, 4.69) is 0 Å². The van der Waals surface area contributed by atoms with Crippen LogP contribution in [0.2, 0.25) is 0 Å². The van der Waals surface area contributed by atoms with E-state index >= 15 is 0 Å². The number of benzene rings is 2. The van der Waals surface area contributed by atoms with Crippen LogP contribution in [0.3, 0.4) is 0 Å². The summed E-state index contributed by atoms with van der Waals surface area (Å²) < 4.78 is 70.5. The number of ether oxygens (including phenoxy) is 1. The summed E-state index contributed by atoms with van der Waals surface area (Å²) in [4.78, 5) is 30.6. The molecular formula is C25H29F3N4O5S. The van der Waals surface area contributed by atoms with Gasteiger partial charge in [-0.05, 0) is 42.5 Å². The SMILES string of the molecule is CS(=O)(=O)N(CC(=O)N1CCN(c2cccc(C(F)(F)F)c2)CC1)c1ccc(C(=O)N2CCOCC2)cc1. The summed E-state index contributed by atoms with van der Waals surface area (Å²) in [5.74, 6) is -0.604. The van der Waals surface area contributed by atoms with Crippen molar-refractivity contribution in [3.63, 3.8) is 0 Å². The normalized spacial score (nSPS) is 16.9. The zero-order valence-electron chi connectivity index (χ0n) is 20.9. The van der Waals surface area contributed by atoms with E-state index in [0.29, 0.717) is 50.6 Å². The first-order chi connectivity index (χ1) is 17.9. The fourth-order valence-electron chi connectivity index (χ4n) is 4.44. The first-order valence-corrected chi connectivity index (χ1v) is 13.9. The average molecular weight is 555 g/mol. The second kappa shape index (κ2) is 11.2. The number of sulfonamides is 1. The van der Waals surface area contributed by atoms with E-state index in [0.717, 1.165) is 22.7 Å². The van der Waals surface area contributed by atoms with Crippen molar-refractivity contribution in [1.82, 2.24) is 9.80 Å². The molecule has 38 heavy (non-hydrogen) atoms. The van der Waals surface area contributed by atoms with Crippen LogP contribution in [0, 0.1) is 0 Å². The molecule has 2 saturated heterocycles. The molecule has 2 aliphatic heterocycles. The number of alkyl halides is 3. The number of amides is 2. The molecule has 2 aliphatic rings. The Balaban J connectivity index is 1.39. The van der Waals surface area contributed by atoms with Gasteiger partial charge in [0, 0.05) is 50.5 Å². The van der Waals surface area contributed by atoms with Gasteiger partial charge in [0.2, 0.25) is 15.9 Å². The van der Waals surface area contributed by atoms with E-state index in [1.54, 1.807) is 15.9 Å². The molecule has 2 fully saturated rings. The van der Waals surface area contributed by atoms with E-state index in [1.807, 2.05) is 0 Å². The van der Waals surface area contributed by atoms with Crippen molar-refractivity contribution in [1.29, 1.82) is 0 Å². The van der Waals surface area contributed by atoms with Gasteiger partial charge >= 0.3 is 6.18 Å². The third-order valence-electron chi connectivity index (χ3n) is 6.55. The summed E-state index contributed by atoms with van der Waals surface area (Å²) in [6.45, 7) is 2.54. The second-order valence-electron chi connectivity index (χ2n) is 9.14. The number of nitrogens with zero attached hydrogens (tertiary/aromatic N) is 4. The average Bonchev–Trinajstić information content (AvgIpc) is 2.91. The highest BCUT2D eigenvalue weighted by Crippen LogP contribution is 2.32. The van der Waals surface area contributed by atoms with Crippen LogP contribution in [-0.4, -0.2) is 95.3 Å². The predicted octanol–water partition coefficient (Wildman–Crippen LogP) is 2.29. The van der Waals surface area contributed by atoms with Gasteiger partial charge in [-0.3, -0.25) is 13.9 Å². The standard InChI is InChI=1S/C25H29F3N4O5S/c1-38(35,36)32(21-7-5-19(6-8-21)24(34)31-13-15-37-16-14-31)18-23(33)30-11-9-29(10-12-30)22-4-2-3-20(17-22)25(26,27)28/h2-8,17H,9-16,18H2,1H3. The Morgan fingerprint density at radius 1 is 0.921 bits per heavy atom. The Morgan fingerprint density at radius 3 is 2.13 bits per heavy atom. The number of rotatable bonds is 6. The molecule has 2 heterocycles. The Labute approximate surface area is 219 Å². The highest BCUT2D eigenvalue weighted by Gasteiger charge is 2.32. The summed E-state index contributed by atoms with van der Waals surface area (Å²) in [5, 5.41) is 0. The summed E-state index contributed by atoms with van der Waals surface area (Å²) in [6.07, 6.45) is -3.45. The molecule has 0 aliphatic carbocycles. The molecule has 0 atom stereocenters. The fraction of sp³-hybridized carbons (Fsp3) is 0.440. The van der Waals surface area contributed by atoms with E-state index < -0.39 is 34.2 Å². The van der Waals surface area contributed by atoms with Gasteiger partial charge in [-0.15, -0.1) is 0 Å². The number of hydrogen-bond acceptors (Lipinski definition) is 6. The third-order valence-corrected chi connectivity index (χ3v) is 7.69. The molecule has 13 heteroatoms.